The Morgan fingerprint density at radius 2 is 1.68 bits per heavy atom. The number of carbonyl (C=O) groups excluding carboxylic acids is 2. The van der Waals surface area contributed by atoms with E-state index in [2.05, 4.69) is 10.2 Å². The van der Waals surface area contributed by atoms with Gasteiger partial charge in [-0.25, -0.2) is 0 Å². The molecule has 1 aliphatic carbocycles. The van der Waals surface area contributed by atoms with Gasteiger partial charge >= 0.3 is 0 Å². The van der Waals surface area contributed by atoms with Crippen molar-refractivity contribution >= 4 is 17.5 Å². The number of rotatable bonds is 3. The predicted octanol–water partition coefficient (Wildman–Crippen LogP) is 5.04. The van der Waals surface area contributed by atoms with Gasteiger partial charge in [0.1, 0.15) is 0 Å². The normalized spacial score (nSPS) is 21.7. The number of aryl methyl sites for hydroxylation is 1. The Balaban J connectivity index is 1.44. The summed E-state index contributed by atoms with van der Waals surface area (Å²) in [5, 5.41) is 2.91. The molecule has 1 N–H and O–H groups in total. The Labute approximate surface area is 166 Å². The summed E-state index contributed by atoms with van der Waals surface area (Å²) in [6, 6.07) is 15.2. The van der Waals surface area contributed by atoms with Gasteiger partial charge in [0.15, 0.2) is 0 Å². The Kier molecular flexibility index (Phi) is 5.47. The first-order chi connectivity index (χ1) is 13.6. The molecule has 2 aromatic carbocycles. The fraction of sp³-hybridized carbons (Fsp3) is 0.417. The van der Waals surface area contributed by atoms with Crippen molar-refractivity contribution in [2.45, 2.75) is 51.5 Å². The smallest absolute Gasteiger partial charge is 0.255 e. The molecule has 2 amide bonds. The third-order valence-corrected chi connectivity index (χ3v) is 6.17. The third-order valence-electron chi connectivity index (χ3n) is 6.17. The summed E-state index contributed by atoms with van der Waals surface area (Å²) in [5.74, 6) is 0.677. The molecule has 1 aliphatic heterocycles. The summed E-state index contributed by atoms with van der Waals surface area (Å²) in [5.41, 5.74) is 3.10. The van der Waals surface area contributed by atoms with E-state index in [0.29, 0.717) is 28.8 Å². The highest BCUT2D eigenvalue weighted by Gasteiger charge is 2.35. The van der Waals surface area contributed by atoms with Crippen LogP contribution < -0.4 is 5.32 Å². The van der Waals surface area contributed by atoms with E-state index in [1.54, 1.807) is 6.07 Å². The van der Waals surface area contributed by atoms with E-state index in [1.807, 2.05) is 49.4 Å². The van der Waals surface area contributed by atoms with Crippen LogP contribution in [0.5, 0.6) is 0 Å². The van der Waals surface area contributed by atoms with Crippen LogP contribution in [-0.2, 0) is 0 Å². The molecule has 2 unspecified atom stereocenters. The first-order valence-electron chi connectivity index (χ1n) is 10.4. The van der Waals surface area contributed by atoms with Gasteiger partial charge in [-0.05, 0) is 74.9 Å². The second-order valence-electron chi connectivity index (χ2n) is 8.15. The van der Waals surface area contributed by atoms with Gasteiger partial charge in [0, 0.05) is 29.4 Å². The van der Waals surface area contributed by atoms with Crippen LogP contribution in [0.2, 0.25) is 0 Å². The summed E-state index contributed by atoms with van der Waals surface area (Å²) < 4.78 is 0. The lowest BCUT2D eigenvalue weighted by atomic mass is 9.78. The third kappa shape index (κ3) is 3.96. The van der Waals surface area contributed by atoms with Crippen molar-refractivity contribution in [1.29, 1.82) is 0 Å². The number of likely N-dealkylation sites (tertiary alicyclic amines) is 1. The zero-order chi connectivity index (χ0) is 19.5. The zero-order valence-electron chi connectivity index (χ0n) is 16.5. The van der Waals surface area contributed by atoms with Gasteiger partial charge < -0.3 is 10.2 Å². The largest absolute Gasteiger partial charge is 0.335 e. The molecule has 1 saturated carbocycles. The van der Waals surface area contributed by atoms with Crippen LogP contribution in [-0.4, -0.2) is 29.3 Å². The predicted molar refractivity (Wildman–Crippen MR) is 112 cm³/mol. The quantitative estimate of drug-likeness (QED) is 0.816. The minimum atomic E-state index is -0.135. The Morgan fingerprint density at radius 1 is 0.929 bits per heavy atom. The average Bonchev–Trinajstić information content (AvgIpc) is 2.73. The van der Waals surface area contributed by atoms with Crippen molar-refractivity contribution in [3.8, 4) is 0 Å². The number of hydrogen-bond donors (Lipinski definition) is 1. The highest BCUT2D eigenvalue weighted by Crippen LogP contribution is 2.36. The van der Waals surface area contributed by atoms with Gasteiger partial charge in [0.05, 0.1) is 0 Å². The van der Waals surface area contributed by atoms with Crippen LogP contribution >= 0.6 is 0 Å². The standard InChI is InChI=1S/C24H28N2O2/c1-17-6-4-8-20(16-17)23(27)25-21-13-11-19(12-14-21)24(28)26-15-5-9-18-7-2-3-10-22(18)26/h4,6,8,11-14,16,18,22H,2-3,5,7,9-10,15H2,1H3,(H,25,27). The molecule has 4 nitrogen and oxygen atoms in total. The molecule has 2 aliphatic rings. The molecular weight excluding hydrogens is 348 g/mol. The molecule has 4 heteroatoms. The van der Waals surface area contributed by atoms with Crippen molar-refractivity contribution in [3.63, 3.8) is 0 Å². The van der Waals surface area contributed by atoms with Crippen LogP contribution in [0.15, 0.2) is 48.5 Å². The summed E-state index contributed by atoms with van der Waals surface area (Å²) in [6.45, 7) is 2.83. The van der Waals surface area contributed by atoms with Crippen molar-refractivity contribution in [2.75, 3.05) is 11.9 Å². The highest BCUT2D eigenvalue weighted by molar-refractivity contribution is 6.04. The van der Waals surface area contributed by atoms with E-state index in [1.165, 1.54) is 25.7 Å². The molecule has 28 heavy (non-hydrogen) atoms. The Bertz CT molecular complexity index is 857. The molecule has 0 bridgehead atoms. The van der Waals surface area contributed by atoms with Crippen LogP contribution in [0.3, 0.4) is 0 Å². The summed E-state index contributed by atoms with van der Waals surface area (Å²) in [4.78, 5) is 27.6. The number of nitrogens with zero attached hydrogens (tertiary/aromatic N) is 1. The van der Waals surface area contributed by atoms with Crippen LogP contribution in [0.4, 0.5) is 5.69 Å². The van der Waals surface area contributed by atoms with Gasteiger partial charge in [-0.1, -0.05) is 30.5 Å². The maximum Gasteiger partial charge on any atom is 0.255 e. The number of hydrogen-bond acceptors (Lipinski definition) is 2. The molecule has 4 rings (SSSR count). The van der Waals surface area contributed by atoms with Gasteiger partial charge in [-0.2, -0.15) is 0 Å². The maximum absolute atomic E-state index is 13.1. The minimum Gasteiger partial charge on any atom is -0.335 e. The van der Waals surface area contributed by atoms with E-state index in [0.717, 1.165) is 24.9 Å². The first kappa shape index (κ1) is 18.7. The van der Waals surface area contributed by atoms with Gasteiger partial charge in [-0.15, -0.1) is 0 Å². The van der Waals surface area contributed by atoms with Crippen molar-refractivity contribution < 1.29 is 9.59 Å². The fourth-order valence-electron chi connectivity index (χ4n) is 4.73. The minimum absolute atomic E-state index is 0.133. The maximum atomic E-state index is 13.1. The molecular formula is C24H28N2O2. The molecule has 1 saturated heterocycles. The van der Waals surface area contributed by atoms with Gasteiger partial charge in [0.25, 0.3) is 11.8 Å². The molecule has 1 heterocycles. The lowest BCUT2D eigenvalue weighted by Crippen LogP contribution is -2.49. The second kappa shape index (κ2) is 8.17. The number of carbonyl (C=O) groups is 2. The summed E-state index contributed by atoms with van der Waals surface area (Å²) in [7, 11) is 0. The second-order valence-corrected chi connectivity index (χ2v) is 8.15. The topological polar surface area (TPSA) is 49.4 Å². The number of piperidine rings is 1. The zero-order valence-corrected chi connectivity index (χ0v) is 16.5. The SMILES string of the molecule is Cc1cccc(C(=O)Nc2ccc(C(=O)N3CCCC4CCCCC43)cc2)c1. The van der Waals surface area contributed by atoms with Crippen LogP contribution in [0, 0.1) is 12.8 Å². The van der Waals surface area contributed by atoms with E-state index >= 15 is 0 Å². The fourth-order valence-corrected chi connectivity index (χ4v) is 4.73. The van der Waals surface area contributed by atoms with Crippen molar-refractivity contribution in [1.82, 2.24) is 4.90 Å². The molecule has 2 atom stereocenters. The average molecular weight is 377 g/mol. The summed E-state index contributed by atoms with van der Waals surface area (Å²) >= 11 is 0. The van der Waals surface area contributed by atoms with E-state index in [9.17, 15) is 9.59 Å². The molecule has 146 valence electrons. The van der Waals surface area contributed by atoms with Gasteiger partial charge in [0.2, 0.25) is 0 Å². The first-order valence-corrected chi connectivity index (χ1v) is 10.4. The van der Waals surface area contributed by atoms with E-state index < -0.39 is 0 Å². The number of anilines is 1. The monoisotopic (exact) mass is 376 g/mol. The van der Waals surface area contributed by atoms with Crippen molar-refractivity contribution in [2.24, 2.45) is 5.92 Å². The summed E-state index contributed by atoms with van der Waals surface area (Å²) in [6.07, 6.45) is 7.31. The van der Waals surface area contributed by atoms with Crippen LogP contribution in [0.1, 0.15) is 64.8 Å². The number of nitrogens with one attached hydrogen (secondary N) is 1. The Morgan fingerprint density at radius 3 is 2.46 bits per heavy atom. The number of benzene rings is 2. The highest BCUT2D eigenvalue weighted by atomic mass is 16.2. The van der Waals surface area contributed by atoms with E-state index in [-0.39, 0.29) is 11.8 Å². The lowest BCUT2D eigenvalue weighted by molar-refractivity contribution is 0.0390. The lowest BCUT2D eigenvalue weighted by Gasteiger charge is -2.44. The number of amides is 2. The van der Waals surface area contributed by atoms with Crippen LogP contribution in [0.25, 0.3) is 0 Å². The van der Waals surface area contributed by atoms with Gasteiger partial charge in [-0.3, -0.25) is 9.59 Å². The molecule has 0 spiro atoms. The Hall–Kier alpha value is -2.62. The number of fused-ring (bicyclic) bond motifs is 1. The molecule has 2 aromatic rings. The van der Waals surface area contributed by atoms with Crippen molar-refractivity contribution in [3.05, 3.63) is 65.2 Å². The molecule has 2 fully saturated rings. The molecule has 0 radical (unpaired) electrons. The molecule has 0 aromatic heterocycles. The van der Waals surface area contributed by atoms with E-state index in [4.69, 9.17) is 0 Å².